The molecular formula is C12H17N5OS. The maximum Gasteiger partial charge on any atom is 0.219 e. The summed E-state index contributed by atoms with van der Waals surface area (Å²) in [6.07, 6.45) is 2.00. The Morgan fingerprint density at radius 2 is 2.16 bits per heavy atom. The van der Waals surface area contributed by atoms with Crippen molar-refractivity contribution in [3.63, 3.8) is 0 Å². The molecule has 0 unspecified atom stereocenters. The SMILES string of the molecule is CC(=O)N1CCN(c2nc3sccn3c2CN)CC1. The van der Waals surface area contributed by atoms with Gasteiger partial charge in [-0.05, 0) is 0 Å². The average molecular weight is 279 g/mol. The molecule has 3 rings (SSSR count). The number of imidazole rings is 1. The summed E-state index contributed by atoms with van der Waals surface area (Å²) in [4.78, 5) is 21.1. The molecule has 102 valence electrons. The monoisotopic (exact) mass is 279 g/mol. The Morgan fingerprint density at radius 3 is 2.79 bits per heavy atom. The molecule has 7 heteroatoms. The highest BCUT2D eigenvalue weighted by atomic mass is 32.1. The number of nitrogens with two attached hydrogens (primary N) is 1. The van der Waals surface area contributed by atoms with Crippen LogP contribution < -0.4 is 10.6 Å². The number of carbonyl (C=O) groups is 1. The normalized spacial score (nSPS) is 16.3. The van der Waals surface area contributed by atoms with E-state index >= 15 is 0 Å². The molecule has 0 radical (unpaired) electrons. The van der Waals surface area contributed by atoms with Crippen molar-refractivity contribution in [2.24, 2.45) is 5.73 Å². The van der Waals surface area contributed by atoms with Gasteiger partial charge in [0.15, 0.2) is 10.8 Å². The van der Waals surface area contributed by atoms with E-state index < -0.39 is 0 Å². The summed E-state index contributed by atoms with van der Waals surface area (Å²) in [5.41, 5.74) is 6.90. The van der Waals surface area contributed by atoms with Crippen molar-refractivity contribution in [1.82, 2.24) is 14.3 Å². The van der Waals surface area contributed by atoms with Crippen molar-refractivity contribution in [2.45, 2.75) is 13.5 Å². The molecule has 0 aromatic carbocycles. The molecule has 1 amide bonds. The Labute approximate surface area is 115 Å². The fourth-order valence-corrected chi connectivity index (χ4v) is 3.23. The van der Waals surface area contributed by atoms with Gasteiger partial charge in [-0.2, -0.15) is 0 Å². The molecule has 0 spiro atoms. The summed E-state index contributed by atoms with van der Waals surface area (Å²) in [6, 6.07) is 0. The summed E-state index contributed by atoms with van der Waals surface area (Å²) in [7, 11) is 0. The van der Waals surface area contributed by atoms with Crippen LogP contribution in [0, 0.1) is 0 Å². The quantitative estimate of drug-likeness (QED) is 0.870. The summed E-state index contributed by atoms with van der Waals surface area (Å²) >= 11 is 1.61. The van der Waals surface area contributed by atoms with Crippen molar-refractivity contribution in [3.05, 3.63) is 17.3 Å². The number of hydrogen-bond donors (Lipinski definition) is 1. The van der Waals surface area contributed by atoms with Gasteiger partial charge >= 0.3 is 0 Å². The minimum Gasteiger partial charge on any atom is -0.351 e. The summed E-state index contributed by atoms with van der Waals surface area (Å²) < 4.78 is 2.05. The Morgan fingerprint density at radius 1 is 1.42 bits per heavy atom. The molecule has 0 atom stereocenters. The predicted octanol–water partition coefficient (Wildman–Crippen LogP) is 0.523. The molecule has 1 saturated heterocycles. The van der Waals surface area contributed by atoms with Gasteiger partial charge in [-0.15, -0.1) is 11.3 Å². The molecule has 1 fully saturated rings. The molecule has 0 aliphatic carbocycles. The number of nitrogens with zero attached hydrogens (tertiary/aromatic N) is 4. The second-order valence-corrected chi connectivity index (χ2v) is 5.51. The molecule has 2 aromatic heterocycles. The maximum absolute atomic E-state index is 11.3. The third-order valence-electron chi connectivity index (χ3n) is 3.56. The van der Waals surface area contributed by atoms with Crippen LogP contribution in [0.15, 0.2) is 11.6 Å². The maximum atomic E-state index is 11.3. The first kappa shape index (κ1) is 12.4. The first-order chi connectivity index (χ1) is 9.20. The zero-order valence-corrected chi connectivity index (χ0v) is 11.7. The lowest BCUT2D eigenvalue weighted by Gasteiger charge is -2.34. The highest BCUT2D eigenvalue weighted by Crippen LogP contribution is 2.25. The lowest BCUT2D eigenvalue weighted by atomic mass is 10.3. The van der Waals surface area contributed by atoms with Crippen LogP contribution in [0.1, 0.15) is 12.6 Å². The third kappa shape index (κ3) is 2.08. The molecule has 3 heterocycles. The van der Waals surface area contributed by atoms with E-state index in [0.717, 1.165) is 42.7 Å². The fourth-order valence-electron chi connectivity index (χ4n) is 2.50. The zero-order valence-electron chi connectivity index (χ0n) is 10.9. The van der Waals surface area contributed by atoms with E-state index in [1.54, 1.807) is 18.3 Å². The number of fused-ring (bicyclic) bond motifs is 1. The minimum atomic E-state index is 0.143. The predicted molar refractivity (Wildman–Crippen MR) is 75.4 cm³/mol. The van der Waals surface area contributed by atoms with Gasteiger partial charge in [-0.1, -0.05) is 0 Å². The van der Waals surface area contributed by atoms with Crippen LogP contribution in [-0.4, -0.2) is 46.4 Å². The van der Waals surface area contributed by atoms with E-state index in [4.69, 9.17) is 5.73 Å². The molecule has 19 heavy (non-hydrogen) atoms. The van der Waals surface area contributed by atoms with Gasteiger partial charge in [0.1, 0.15) is 0 Å². The number of piperazine rings is 1. The van der Waals surface area contributed by atoms with E-state index in [1.165, 1.54) is 0 Å². The van der Waals surface area contributed by atoms with Crippen LogP contribution in [0.25, 0.3) is 4.96 Å². The number of anilines is 1. The van der Waals surface area contributed by atoms with Gasteiger partial charge in [0.2, 0.25) is 5.91 Å². The average Bonchev–Trinajstić information content (AvgIpc) is 2.98. The van der Waals surface area contributed by atoms with Crippen molar-refractivity contribution in [3.8, 4) is 0 Å². The molecule has 0 saturated carbocycles. The van der Waals surface area contributed by atoms with Crippen molar-refractivity contribution in [1.29, 1.82) is 0 Å². The van der Waals surface area contributed by atoms with Gasteiger partial charge < -0.3 is 15.5 Å². The second-order valence-electron chi connectivity index (χ2n) is 4.63. The molecule has 2 N–H and O–H groups in total. The molecule has 1 aliphatic heterocycles. The Hall–Kier alpha value is -1.60. The number of thiazole rings is 1. The van der Waals surface area contributed by atoms with Gasteiger partial charge in [0, 0.05) is 51.2 Å². The third-order valence-corrected chi connectivity index (χ3v) is 4.31. The minimum absolute atomic E-state index is 0.143. The van der Waals surface area contributed by atoms with Crippen molar-refractivity contribution < 1.29 is 4.79 Å². The van der Waals surface area contributed by atoms with E-state index in [2.05, 4.69) is 14.3 Å². The van der Waals surface area contributed by atoms with Crippen LogP contribution in [-0.2, 0) is 11.3 Å². The number of hydrogen-bond acceptors (Lipinski definition) is 5. The topological polar surface area (TPSA) is 66.9 Å². The number of rotatable bonds is 2. The van der Waals surface area contributed by atoms with E-state index in [0.29, 0.717) is 6.54 Å². The van der Waals surface area contributed by atoms with Crippen LogP contribution in [0.4, 0.5) is 5.82 Å². The molecular weight excluding hydrogens is 262 g/mol. The van der Waals surface area contributed by atoms with Crippen LogP contribution in [0.2, 0.25) is 0 Å². The number of aromatic nitrogens is 2. The van der Waals surface area contributed by atoms with E-state index in [9.17, 15) is 4.79 Å². The first-order valence-electron chi connectivity index (χ1n) is 6.35. The van der Waals surface area contributed by atoms with E-state index in [1.807, 2.05) is 16.5 Å². The van der Waals surface area contributed by atoms with Gasteiger partial charge in [-0.25, -0.2) is 4.98 Å². The number of carbonyl (C=O) groups excluding carboxylic acids is 1. The second kappa shape index (κ2) is 4.82. The summed E-state index contributed by atoms with van der Waals surface area (Å²) in [5.74, 6) is 1.11. The summed E-state index contributed by atoms with van der Waals surface area (Å²) in [5, 5.41) is 2.01. The fraction of sp³-hybridized carbons (Fsp3) is 0.500. The Bertz CT molecular complexity index is 596. The molecule has 0 bridgehead atoms. The Kier molecular flexibility index (Phi) is 3.16. The van der Waals surface area contributed by atoms with Gasteiger partial charge in [0.05, 0.1) is 5.69 Å². The van der Waals surface area contributed by atoms with E-state index in [-0.39, 0.29) is 5.91 Å². The van der Waals surface area contributed by atoms with Gasteiger partial charge in [-0.3, -0.25) is 9.20 Å². The largest absolute Gasteiger partial charge is 0.351 e. The lowest BCUT2D eigenvalue weighted by Crippen LogP contribution is -2.48. The van der Waals surface area contributed by atoms with Crippen molar-refractivity contribution in [2.75, 3.05) is 31.1 Å². The molecule has 6 nitrogen and oxygen atoms in total. The first-order valence-corrected chi connectivity index (χ1v) is 7.23. The smallest absolute Gasteiger partial charge is 0.219 e. The van der Waals surface area contributed by atoms with Crippen LogP contribution in [0.3, 0.4) is 0 Å². The van der Waals surface area contributed by atoms with Crippen LogP contribution >= 0.6 is 11.3 Å². The standard InChI is InChI=1S/C12H17N5OS/c1-9(18)15-2-4-16(5-3-15)11-10(8-13)17-6-7-19-12(17)14-11/h6-7H,2-5,8,13H2,1H3. The highest BCUT2D eigenvalue weighted by Gasteiger charge is 2.23. The summed E-state index contributed by atoms with van der Waals surface area (Å²) in [6.45, 7) is 5.23. The van der Waals surface area contributed by atoms with Crippen molar-refractivity contribution >= 4 is 28.0 Å². The number of amides is 1. The van der Waals surface area contributed by atoms with Crippen LogP contribution in [0.5, 0.6) is 0 Å². The molecule has 1 aliphatic rings. The highest BCUT2D eigenvalue weighted by molar-refractivity contribution is 7.15. The Balaban J connectivity index is 1.85. The lowest BCUT2D eigenvalue weighted by molar-refractivity contribution is -0.129. The molecule has 2 aromatic rings. The van der Waals surface area contributed by atoms with Gasteiger partial charge in [0.25, 0.3) is 0 Å². The zero-order chi connectivity index (χ0) is 13.4.